The lowest BCUT2D eigenvalue weighted by Gasteiger charge is -2.10. The Labute approximate surface area is 132 Å². The summed E-state index contributed by atoms with van der Waals surface area (Å²) in [6.07, 6.45) is 11.9. The Bertz CT molecular complexity index is 310. The van der Waals surface area contributed by atoms with Crippen LogP contribution in [0.1, 0.15) is 64.2 Å². The minimum atomic E-state index is 0.669. The predicted octanol–water partition coefficient (Wildman–Crippen LogP) is 5.38. The maximum absolute atomic E-state index is 5.36. The van der Waals surface area contributed by atoms with Crippen molar-refractivity contribution in [3.63, 3.8) is 0 Å². The molecule has 0 aromatic carbocycles. The van der Waals surface area contributed by atoms with Gasteiger partial charge < -0.3 is 0 Å². The van der Waals surface area contributed by atoms with Crippen molar-refractivity contribution < 1.29 is 0 Å². The van der Waals surface area contributed by atoms with Gasteiger partial charge >= 0.3 is 0 Å². The molecular weight excluding hydrogens is 296 g/mol. The van der Waals surface area contributed by atoms with Crippen LogP contribution in [0.3, 0.4) is 0 Å². The molecule has 4 heteroatoms. The SMILES string of the molecule is S=C1CCCCCCCCCCC(=S)C(=S)C1=S. The third kappa shape index (κ3) is 6.00. The molecule has 0 bridgehead atoms. The molecule has 0 heterocycles. The van der Waals surface area contributed by atoms with E-state index in [-0.39, 0.29) is 0 Å². The Kier molecular flexibility index (Phi) is 8.47. The highest BCUT2D eigenvalue weighted by atomic mass is 32.1. The van der Waals surface area contributed by atoms with E-state index in [4.69, 9.17) is 48.9 Å². The van der Waals surface area contributed by atoms with Crippen molar-refractivity contribution in [2.75, 3.05) is 0 Å². The van der Waals surface area contributed by atoms with Crippen LogP contribution in [0, 0.1) is 0 Å². The van der Waals surface area contributed by atoms with Gasteiger partial charge in [0.1, 0.15) is 0 Å². The highest BCUT2D eigenvalue weighted by molar-refractivity contribution is 7.98. The molecule has 18 heavy (non-hydrogen) atoms. The fourth-order valence-electron chi connectivity index (χ4n) is 2.11. The highest BCUT2D eigenvalue weighted by Crippen LogP contribution is 2.14. The second-order valence-corrected chi connectivity index (χ2v) is 6.64. The first-order valence-corrected chi connectivity index (χ1v) is 8.41. The summed E-state index contributed by atoms with van der Waals surface area (Å²) in [4.78, 5) is 3.02. The molecular formula is C14H20S4. The fourth-order valence-corrected chi connectivity index (χ4v) is 3.18. The van der Waals surface area contributed by atoms with Gasteiger partial charge in [0.25, 0.3) is 0 Å². The standard InChI is InChI=1S/C14H20S4/c15-11-9-7-5-3-1-2-4-6-8-10-12(16)14(18)13(11)17/h1-10H2. The van der Waals surface area contributed by atoms with Crippen molar-refractivity contribution in [3.05, 3.63) is 0 Å². The molecule has 1 fully saturated rings. The molecule has 0 unspecified atom stereocenters. The summed E-state index contributed by atoms with van der Waals surface area (Å²) in [7, 11) is 0. The van der Waals surface area contributed by atoms with Gasteiger partial charge in [0.2, 0.25) is 0 Å². The van der Waals surface area contributed by atoms with Gasteiger partial charge in [0.15, 0.2) is 0 Å². The van der Waals surface area contributed by atoms with E-state index in [9.17, 15) is 0 Å². The Morgan fingerprint density at radius 2 is 0.722 bits per heavy atom. The average Bonchev–Trinajstić information content (AvgIpc) is 2.37. The first-order chi connectivity index (χ1) is 8.63. The Morgan fingerprint density at radius 3 is 1.06 bits per heavy atom. The van der Waals surface area contributed by atoms with Crippen LogP contribution in [-0.4, -0.2) is 19.5 Å². The largest absolute Gasteiger partial charge is 0.0833 e. The number of rotatable bonds is 0. The van der Waals surface area contributed by atoms with E-state index in [1.165, 1.54) is 38.5 Å². The molecule has 1 aliphatic rings. The van der Waals surface area contributed by atoms with Crippen LogP contribution in [0.15, 0.2) is 0 Å². The zero-order chi connectivity index (χ0) is 13.4. The molecule has 0 spiro atoms. The van der Waals surface area contributed by atoms with E-state index in [2.05, 4.69) is 0 Å². The molecule has 0 aromatic rings. The summed E-state index contributed by atoms with van der Waals surface area (Å²) < 4.78 is 0. The quantitative estimate of drug-likeness (QED) is 0.550. The molecule has 0 aliphatic heterocycles. The molecule has 0 N–H and O–H groups in total. The van der Waals surface area contributed by atoms with Crippen molar-refractivity contribution in [1.29, 1.82) is 0 Å². The van der Waals surface area contributed by atoms with Crippen LogP contribution in [-0.2, 0) is 0 Å². The minimum absolute atomic E-state index is 0.669. The maximum atomic E-state index is 5.36. The van der Waals surface area contributed by atoms with E-state index in [0.717, 1.165) is 35.4 Å². The molecule has 1 saturated carbocycles. The number of thiocarbonyl (C=S) groups is 4. The smallest absolute Gasteiger partial charge is 0.0708 e. The van der Waals surface area contributed by atoms with Gasteiger partial charge in [0, 0.05) is 9.73 Å². The van der Waals surface area contributed by atoms with Gasteiger partial charge in [-0.2, -0.15) is 0 Å². The normalized spacial score (nSPS) is 21.8. The second kappa shape index (κ2) is 9.29. The molecule has 0 atom stereocenters. The molecule has 1 aliphatic carbocycles. The average molecular weight is 317 g/mol. The van der Waals surface area contributed by atoms with Gasteiger partial charge in [0.05, 0.1) is 9.73 Å². The Hall–Kier alpha value is 0.360. The molecule has 100 valence electrons. The van der Waals surface area contributed by atoms with Gasteiger partial charge in [-0.3, -0.25) is 0 Å². The van der Waals surface area contributed by atoms with E-state index in [1.807, 2.05) is 0 Å². The summed E-state index contributed by atoms with van der Waals surface area (Å²) >= 11 is 21.4. The molecule has 0 nitrogen and oxygen atoms in total. The summed E-state index contributed by atoms with van der Waals surface area (Å²) in [6.45, 7) is 0. The number of hydrogen-bond acceptors (Lipinski definition) is 4. The summed E-state index contributed by atoms with van der Waals surface area (Å²) in [5.41, 5.74) is 0. The monoisotopic (exact) mass is 316 g/mol. The van der Waals surface area contributed by atoms with E-state index >= 15 is 0 Å². The van der Waals surface area contributed by atoms with Crippen molar-refractivity contribution in [3.8, 4) is 0 Å². The van der Waals surface area contributed by atoms with Crippen molar-refractivity contribution in [2.24, 2.45) is 0 Å². The lowest BCUT2D eigenvalue weighted by molar-refractivity contribution is 0.576. The Morgan fingerprint density at radius 1 is 0.444 bits per heavy atom. The third-order valence-electron chi connectivity index (χ3n) is 3.27. The lowest BCUT2D eigenvalue weighted by Crippen LogP contribution is -2.25. The van der Waals surface area contributed by atoms with Crippen LogP contribution in [0.5, 0.6) is 0 Å². The molecule has 0 aromatic heterocycles. The minimum Gasteiger partial charge on any atom is -0.0833 e. The first kappa shape index (κ1) is 16.4. The van der Waals surface area contributed by atoms with Crippen LogP contribution >= 0.6 is 48.9 Å². The third-order valence-corrected chi connectivity index (χ3v) is 5.38. The summed E-state index contributed by atoms with van der Waals surface area (Å²) in [5.74, 6) is 0. The molecule has 1 rings (SSSR count). The van der Waals surface area contributed by atoms with Gasteiger partial charge in [-0.05, 0) is 25.7 Å². The molecule has 0 saturated heterocycles. The van der Waals surface area contributed by atoms with Gasteiger partial charge in [-0.15, -0.1) is 0 Å². The van der Waals surface area contributed by atoms with Crippen LogP contribution < -0.4 is 0 Å². The summed E-state index contributed by atoms with van der Waals surface area (Å²) in [6, 6.07) is 0. The van der Waals surface area contributed by atoms with E-state index in [1.54, 1.807) is 0 Å². The first-order valence-electron chi connectivity index (χ1n) is 6.77. The van der Waals surface area contributed by atoms with E-state index < -0.39 is 0 Å². The number of hydrogen-bond donors (Lipinski definition) is 0. The molecule has 0 amide bonds. The van der Waals surface area contributed by atoms with Crippen LogP contribution in [0.2, 0.25) is 0 Å². The van der Waals surface area contributed by atoms with Crippen LogP contribution in [0.4, 0.5) is 0 Å². The van der Waals surface area contributed by atoms with E-state index in [0.29, 0.717) is 9.73 Å². The van der Waals surface area contributed by atoms with Gasteiger partial charge in [-0.25, -0.2) is 0 Å². The van der Waals surface area contributed by atoms with Crippen molar-refractivity contribution in [2.45, 2.75) is 64.2 Å². The van der Waals surface area contributed by atoms with Crippen molar-refractivity contribution in [1.82, 2.24) is 0 Å². The van der Waals surface area contributed by atoms with Crippen molar-refractivity contribution >= 4 is 68.3 Å². The van der Waals surface area contributed by atoms with Crippen LogP contribution in [0.25, 0.3) is 0 Å². The predicted molar refractivity (Wildman–Crippen MR) is 96.6 cm³/mol. The highest BCUT2D eigenvalue weighted by Gasteiger charge is 2.14. The van der Waals surface area contributed by atoms with Gasteiger partial charge in [-0.1, -0.05) is 87.4 Å². The molecule has 0 radical (unpaired) electrons. The maximum Gasteiger partial charge on any atom is 0.0708 e. The lowest BCUT2D eigenvalue weighted by atomic mass is 10.0. The summed E-state index contributed by atoms with van der Waals surface area (Å²) in [5, 5.41) is 0. The fraction of sp³-hybridized carbons (Fsp3) is 0.714. The topological polar surface area (TPSA) is 0 Å². The zero-order valence-corrected chi connectivity index (χ0v) is 14.0. The second-order valence-electron chi connectivity index (χ2n) is 4.83. The Balaban J connectivity index is 2.56. The zero-order valence-electron chi connectivity index (χ0n) is 10.7.